The van der Waals surface area contributed by atoms with Gasteiger partial charge in [0.05, 0.1) is 12.0 Å². The minimum absolute atomic E-state index is 0.191. The summed E-state index contributed by atoms with van der Waals surface area (Å²) in [6.07, 6.45) is 2.41. The summed E-state index contributed by atoms with van der Waals surface area (Å²) in [7, 11) is 1.33. The molecule has 0 spiro atoms. The van der Waals surface area contributed by atoms with E-state index in [-0.39, 0.29) is 24.1 Å². The first-order valence-corrected chi connectivity index (χ1v) is 7.81. The predicted octanol–water partition coefficient (Wildman–Crippen LogP) is 2.98. The van der Waals surface area contributed by atoms with E-state index in [4.69, 9.17) is 12.2 Å². The Hall–Kier alpha value is -1.73. The lowest BCUT2D eigenvalue weighted by molar-refractivity contribution is -0.141. The zero-order valence-electron chi connectivity index (χ0n) is 11.9. The van der Waals surface area contributed by atoms with Gasteiger partial charge in [-0.2, -0.15) is 0 Å². The van der Waals surface area contributed by atoms with Gasteiger partial charge < -0.3 is 4.74 Å². The van der Waals surface area contributed by atoms with E-state index in [1.54, 1.807) is 18.2 Å². The Morgan fingerprint density at radius 2 is 2.09 bits per heavy atom. The van der Waals surface area contributed by atoms with Crippen molar-refractivity contribution in [3.05, 3.63) is 40.6 Å². The number of hydrogen-bond donors (Lipinski definition) is 0. The highest BCUT2D eigenvalue weighted by molar-refractivity contribution is 8.26. The molecule has 1 amide bonds. The molecule has 4 nitrogen and oxygen atoms in total. The Labute approximate surface area is 137 Å². The standard InChI is InChI=1S/C15H14FNO3S2/c1-20-13(18)3-2-8-17-14(19)12(22-15(17)21)9-10-4-6-11(16)7-5-10/h4-7,9H,2-3,8H2,1H3. The number of thioether (sulfide) groups is 1. The molecule has 1 aromatic carbocycles. The van der Waals surface area contributed by atoms with Gasteiger partial charge in [-0.15, -0.1) is 0 Å². The van der Waals surface area contributed by atoms with Crippen LogP contribution in [0.15, 0.2) is 29.2 Å². The van der Waals surface area contributed by atoms with Gasteiger partial charge in [-0.3, -0.25) is 14.5 Å². The Kier molecular flexibility index (Phi) is 5.68. The number of esters is 1. The molecule has 0 aliphatic carbocycles. The van der Waals surface area contributed by atoms with Gasteiger partial charge in [-0.05, 0) is 30.2 Å². The fraction of sp³-hybridized carbons (Fsp3) is 0.267. The molecule has 1 heterocycles. The molecule has 1 aliphatic rings. The zero-order valence-corrected chi connectivity index (χ0v) is 13.5. The summed E-state index contributed by atoms with van der Waals surface area (Å²) in [4.78, 5) is 25.3. The molecule has 0 unspecified atom stereocenters. The summed E-state index contributed by atoms with van der Waals surface area (Å²) < 4.78 is 17.9. The molecule has 1 aliphatic heterocycles. The number of carbonyl (C=O) groups is 2. The SMILES string of the molecule is COC(=O)CCCN1C(=O)C(=Cc2ccc(F)cc2)SC1=S. The van der Waals surface area contributed by atoms with Gasteiger partial charge in [0.15, 0.2) is 0 Å². The highest BCUT2D eigenvalue weighted by Gasteiger charge is 2.31. The summed E-state index contributed by atoms with van der Waals surface area (Å²) in [6.45, 7) is 0.376. The second-order valence-corrected chi connectivity index (χ2v) is 6.24. The van der Waals surface area contributed by atoms with Crippen molar-refractivity contribution >= 4 is 46.3 Å². The lowest BCUT2D eigenvalue weighted by Crippen LogP contribution is -2.29. The van der Waals surface area contributed by atoms with E-state index in [1.165, 1.54) is 35.9 Å². The van der Waals surface area contributed by atoms with Crippen LogP contribution < -0.4 is 0 Å². The molecule has 0 saturated carbocycles. The number of nitrogens with zero attached hydrogens (tertiary/aromatic N) is 1. The van der Waals surface area contributed by atoms with Crippen LogP contribution in [0.2, 0.25) is 0 Å². The molecule has 0 aromatic heterocycles. The quantitative estimate of drug-likeness (QED) is 0.469. The summed E-state index contributed by atoms with van der Waals surface area (Å²) in [5.41, 5.74) is 0.733. The molecule has 22 heavy (non-hydrogen) atoms. The summed E-state index contributed by atoms with van der Waals surface area (Å²) in [6, 6.07) is 5.87. The highest BCUT2D eigenvalue weighted by atomic mass is 32.2. The number of amides is 1. The van der Waals surface area contributed by atoms with Crippen LogP contribution in [-0.4, -0.2) is 34.8 Å². The van der Waals surface area contributed by atoms with Gasteiger partial charge in [-0.1, -0.05) is 36.1 Å². The summed E-state index contributed by atoms with van der Waals surface area (Å²) in [5, 5.41) is 0. The van der Waals surface area contributed by atoms with E-state index in [0.29, 0.717) is 22.2 Å². The molecule has 0 atom stereocenters. The number of thiocarbonyl (C=S) groups is 1. The third kappa shape index (κ3) is 4.14. The maximum atomic E-state index is 12.9. The van der Waals surface area contributed by atoms with Crippen molar-refractivity contribution in [3.63, 3.8) is 0 Å². The Morgan fingerprint density at radius 1 is 1.41 bits per heavy atom. The van der Waals surface area contributed by atoms with Crippen LogP contribution in [0.4, 0.5) is 4.39 Å². The van der Waals surface area contributed by atoms with Crippen molar-refractivity contribution in [3.8, 4) is 0 Å². The van der Waals surface area contributed by atoms with Crippen molar-refractivity contribution in [2.75, 3.05) is 13.7 Å². The molecule has 1 aromatic rings. The van der Waals surface area contributed by atoms with E-state index in [9.17, 15) is 14.0 Å². The third-order valence-corrected chi connectivity index (χ3v) is 4.41. The number of ether oxygens (including phenoxy) is 1. The van der Waals surface area contributed by atoms with E-state index < -0.39 is 0 Å². The average Bonchev–Trinajstić information content (AvgIpc) is 2.76. The molecule has 0 bridgehead atoms. The summed E-state index contributed by atoms with van der Waals surface area (Å²) in [5.74, 6) is -0.830. The average molecular weight is 339 g/mol. The second-order valence-electron chi connectivity index (χ2n) is 4.56. The Bertz CT molecular complexity index is 628. The molecule has 0 radical (unpaired) electrons. The summed E-state index contributed by atoms with van der Waals surface area (Å²) >= 11 is 6.39. The Balaban J connectivity index is 2.02. The van der Waals surface area contributed by atoms with Crippen LogP contribution in [-0.2, 0) is 14.3 Å². The first kappa shape index (κ1) is 16.6. The topological polar surface area (TPSA) is 46.6 Å². The minimum Gasteiger partial charge on any atom is -0.469 e. The van der Waals surface area contributed by atoms with Crippen molar-refractivity contribution in [2.45, 2.75) is 12.8 Å². The molecule has 116 valence electrons. The number of hydrogen-bond acceptors (Lipinski definition) is 5. The zero-order chi connectivity index (χ0) is 16.1. The first-order valence-electron chi connectivity index (χ1n) is 6.59. The van der Waals surface area contributed by atoms with Crippen LogP contribution >= 0.6 is 24.0 Å². The number of rotatable bonds is 5. The van der Waals surface area contributed by atoms with Crippen molar-refractivity contribution < 1.29 is 18.7 Å². The van der Waals surface area contributed by atoms with Crippen LogP contribution in [0.25, 0.3) is 6.08 Å². The fourth-order valence-corrected chi connectivity index (χ4v) is 3.20. The number of methoxy groups -OCH3 is 1. The van der Waals surface area contributed by atoms with Gasteiger partial charge in [0.1, 0.15) is 10.1 Å². The molecule has 1 fully saturated rings. The molecule has 1 saturated heterocycles. The van der Waals surface area contributed by atoms with E-state index in [0.717, 1.165) is 5.56 Å². The van der Waals surface area contributed by atoms with Crippen molar-refractivity contribution in [1.82, 2.24) is 4.90 Å². The smallest absolute Gasteiger partial charge is 0.305 e. The lowest BCUT2D eigenvalue weighted by atomic mass is 10.2. The maximum absolute atomic E-state index is 12.9. The molecular formula is C15H14FNO3S2. The van der Waals surface area contributed by atoms with Crippen LogP contribution in [0.3, 0.4) is 0 Å². The third-order valence-electron chi connectivity index (χ3n) is 3.03. The molecular weight excluding hydrogens is 325 g/mol. The number of halogens is 1. The normalized spacial score (nSPS) is 16.5. The fourth-order valence-electron chi connectivity index (χ4n) is 1.89. The van der Waals surface area contributed by atoms with E-state index >= 15 is 0 Å². The van der Waals surface area contributed by atoms with Crippen LogP contribution in [0.5, 0.6) is 0 Å². The number of carbonyl (C=O) groups excluding carboxylic acids is 2. The van der Waals surface area contributed by atoms with Crippen molar-refractivity contribution in [2.24, 2.45) is 0 Å². The number of benzene rings is 1. The van der Waals surface area contributed by atoms with E-state index in [2.05, 4.69) is 4.74 Å². The second kappa shape index (κ2) is 7.51. The van der Waals surface area contributed by atoms with Gasteiger partial charge in [-0.25, -0.2) is 4.39 Å². The largest absolute Gasteiger partial charge is 0.469 e. The van der Waals surface area contributed by atoms with Gasteiger partial charge in [0, 0.05) is 13.0 Å². The first-order chi connectivity index (χ1) is 10.5. The van der Waals surface area contributed by atoms with Gasteiger partial charge >= 0.3 is 5.97 Å². The monoisotopic (exact) mass is 339 g/mol. The van der Waals surface area contributed by atoms with Crippen LogP contribution in [0.1, 0.15) is 18.4 Å². The molecule has 2 rings (SSSR count). The molecule has 7 heteroatoms. The predicted molar refractivity (Wildman–Crippen MR) is 87.5 cm³/mol. The van der Waals surface area contributed by atoms with E-state index in [1.807, 2.05) is 0 Å². The van der Waals surface area contributed by atoms with Gasteiger partial charge in [0.25, 0.3) is 5.91 Å². The van der Waals surface area contributed by atoms with Crippen molar-refractivity contribution in [1.29, 1.82) is 0 Å². The van der Waals surface area contributed by atoms with Gasteiger partial charge in [0.2, 0.25) is 0 Å². The minimum atomic E-state index is -0.326. The molecule has 0 N–H and O–H groups in total. The van der Waals surface area contributed by atoms with Crippen LogP contribution in [0, 0.1) is 5.82 Å². The Morgan fingerprint density at radius 3 is 2.73 bits per heavy atom. The lowest BCUT2D eigenvalue weighted by Gasteiger charge is -2.13. The highest BCUT2D eigenvalue weighted by Crippen LogP contribution is 2.32. The maximum Gasteiger partial charge on any atom is 0.305 e.